The molecule has 9 unspecified atom stereocenters. The van der Waals surface area contributed by atoms with E-state index >= 15 is 0 Å². The number of ether oxygens (including phenoxy) is 3. The van der Waals surface area contributed by atoms with E-state index < -0.39 is 89.9 Å². The molecular weight excluding hydrogens is 540 g/mol. The predicted octanol–water partition coefficient (Wildman–Crippen LogP) is -5.91. The lowest BCUT2D eigenvalue weighted by atomic mass is 10.0. The molecule has 9 atom stereocenters. The van der Waals surface area contributed by atoms with Crippen molar-refractivity contribution in [1.82, 2.24) is 14.9 Å². The number of hydrogen-bond acceptors (Lipinski definition) is 13. The second kappa shape index (κ2) is 13.1. The van der Waals surface area contributed by atoms with E-state index in [9.17, 15) is 44.4 Å². The Morgan fingerprint density at radius 3 is 2.38 bits per heavy atom. The van der Waals surface area contributed by atoms with E-state index in [2.05, 4.69) is 5.32 Å². The highest BCUT2D eigenvalue weighted by Gasteiger charge is 2.51. The maximum atomic E-state index is 12.7. The number of aromatic nitrogens is 2. The van der Waals surface area contributed by atoms with E-state index in [4.69, 9.17) is 31.4 Å². The van der Waals surface area contributed by atoms with Crippen LogP contribution in [-0.4, -0.2) is 103 Å². The predicted molar refractivity (Wildman–Crippen MR) is 130 cm³/mol. The summed E-state index contributed by atoms with van der Waals surface area (Å²) in [7, 11) is 0. The molecule has 2 aliphatic heterocycles. The van der Waals surface area contributed by atoms with Gasteiger partial charge in [0.25, 0.3) is 11.5 Å². The first-order valence-electron chi connectivity index (χ1n) is 12.2. The van der Waals surface area contributed by atoms with Crippen molar-refractivity contribution in [2.45, 2.75) is 74.4 Å². The molecule has 222 valence electrons. The number of nitrogens with zero attached hydrogens (tertiary/aromatic N) is 1. The summed E-state index contributed by atoms with van der Waals surface area (Å²) in [6.45, 7) is 0.358. The fourth-order valence-corrected chi connectivity index (χ4v) is 4.14. The number of aromatic amines is 1. The van der Waals surface area contributed by atoms with Crippen molar-refractivity contribution in [2.24, 2.45) is 17.2 Å². The van der Waals surface area contributed by atoms with Crippen molar-refractivity contribution < 1.29 is 49.0 Å². The third-order valence-electron chi connectivity index (χ3n) is 6.27. The monoisotopic (exact) mass is 572 g/mol. The number of aliphatic hydroxyl groups excluding tert-OH is 4. The first kappa shape index (κ1) is 30.9. The van der Waals surface area contributed by atoms with E-state index in [0.717, 1.165) is 22.9 Å². The van der Waals surface area contributed by atoms with Crippen LogP contribution in [0.5, 0.6) is 0 Å². The molecule has 18 heteroatoms. The minimum absolute atomic E-state index is 0.166. The highest BCUT2D eigenvalue weighted by atomic mass is 16.7. The molecule has 3 amide bonds. The SMILES string of the molecule is NCCCCC(NC(=O)C1=CC(O)C(O)C(OC(C(N)=O)C2OC(n3ccc(=O)[nH]c3=O)C(O)C2O)O1)C(N)=O. The summed E-state index contributed by atoms with van der Waals surface area (Å²) in [6.07, 6.45) is -11.5. The summed E-state index contributed by atoms with van der Waals surface area (Å²) in [5, 5.41) is 44.0. The van der Waals surface area contributed by atoms with Gasteiger partial charge in [-0.05, 0) is 31.9 Å². The van der Waals surface area contributed by atoms with Gasteiger partial charge in [0.05, 0.1) is 0 Å². The number of amides is 3. The number of rotatable bonds is 12. The van der Waals surface area contributed by atoms with Crippen LogP contribution in [0.15, 0.2) is 33.7 Å². The average molecular weight is 573 g/mol. The Hall–Kier alpha value is -3.65. The zero-order chi connectivity index (χ0) is 29.7. The van der Waals surface area contributed by atoms with Gasteiger partial charge < -0.3 is 57.2 Å². The number of H-pyrrole nitrogens is 1. The molecular formula is C22H32N6O12. The van der Waals surface area contributed by atoms with Crippen LogP contribution in [0.4, 0.5) is 0 Å². The Balaban J connectivity index is 1.77. The molecule has 3 rings (SSSR count). The van der Waals surface area contributed by atoms with Gasteiger partial charge in [-0.3, -0.25) is 28.7 Å². The summed E-state index contributed by atoms with van der Waals surface area (Å²) in [4.78, 5) is 62.2. The van der Waals surface area contributed by atoms with E-state index in [-0.39, 0.29) is 6.42 Å². The van der Waals surface area contributed by atoms with Crippen molar-refractivity contribution in [1.29, 1.82) is 0 Å². The molecule has 40 heavy (non-hydrogen) atoms. The summed E-state index contributed by atoms with van der Waals surface area (Å²) < 4.78 is 17.0. The minimum Gasteiger partial charge on any atom is -0.456 e. The maximum absolute atomic E-state index is 12.7. The van der Waals surface area contributed by atoms with Gasteiger partial charge >= 0.3 is 5.69 Å². The van der Waals surface area contributed by atoms with Crippen molar-refractivity contribution in [3.05, 3.63) is 44.9 Å². The van der Waals surface area contributed by atoms with Crippen LogP contribution in [0.1, 0.15) is 25.5 Å². The zero-order valence-corrected chi connectivity index (χ0v) is 21.0. The smallest absolute Gasteiger partial charge is 0.330 e. The molecule has 1 aromatic rings. The van der Waals surface area contributed by atoms with Crippen molar-refractivity contribution in [3.8, 4) is 0 Å². The van der Waals surface area contributed by atoms with Crippen LogP contribution in [0.25, 0.3) is 0 Å². The molecule has 1 aromatic heterocycles. The molecule has 0 saturated carbocycles. The molecule has 12 N–H and O–H groups in total. The minimum atomic E-state index is -1.96. The summed E-state index contributed by atoms with van der Waals surface area (Å²) in [6, 6.07) is -0.158. The summed E-state index contributed by atoms with van der Waals surface area (Å²) in [5.74, 6) is -3.71. The molecule has 1 fully saturated rings. The van der Waals surface area contributed by atoms with Gasteiger partial charge in [0.2, 0.25) is 18.1 Å². The third-order valence-corrected chi connectivity index (χ3v) is 6.27. The number of nitrogens with one attached hydrogen (secondary N) is 2. The molecule has 3 heterocycles. The lowest BCUT2D eigenvalue weighted by molar-refractivity contribution is -0.240. The van der Waals surface area contributed by atoms with Gasteiger partial charge in [-0.25, -0.2) is 4.79 Å². The van der Waals surface area contributed by atoms with E-state index in [1.807, 2.05) is 4.98 Å². The van der Waals surface area contributed by atoms with Gasteiger partial charge in [0, 0.05) is 12.3 Å². The van der Waals surface area contributed by atoms with Crippen LogP contribution >= 0.6 is 0 Å². The van der Waals surface area contributed by atoms with Crippen LogP contribution < -0.4 is 33.8 Å². The topological polar surface area (TPSA) is 305 Å². The second-order valence-corrected chi connectivity index (χ2v) is 9.16. The molecule has 0 radical (unpaired) electrons. The number of nitrogens with two attached hydrogens (primary N) is 3. The lowest BCUT2D eigenvalue weighted by Crippen LogP contribution is -2.54. The van der Waals surface area contributed by atoms with Crippen molar-refractivity contribution in [3.63, 3.8) is 0 Å². The maximum Gasteiger partial charge on any atom is 0.330 e. The molecule has 0 aromatic carbocycles. The normalized spacial score (nSPS) is 29.6. The quantitative estimate of drug-likeness (QED) is 0.106. The summed E-state index contributed by atoms with van der Waals surface area (Å²) in [5.41, 5.74) is 14.4. The lowest BCUT2D eigenvalue weighted by Gasteiger charge is -2.34. The number of hydrogen-bond donors (Lipinski definition) is 9. The van der Waals surface area contributed by atoms with Gasteiger partial charge in [0.15, 0.2) is 18.1 Å². The Morgan fingerprint density at radius 2 is 1.77 bits per heavy atom. The molecule has 2 aliphatic rings. The number of carbonyl (C=O) groups is 3. The Bertz CT molecular complexity index is 1230. The molecule has 0 spiro atoms. The molecule has 0 bridgehead atoms. The standard InChI is InChI=1S/C22H32N6O12/c23-5-2-1-3-8(17(24)34)26-19(36)10-7-9(29)12(31)21(38-10)40-16(18(25)35)15-13(32)14(33)20(39-15)28-6-4-11(30)27-22(28)37/h4,6-9,12-16,20-21,29,31-33H,1-3,5,23H2,(H2,24,34)(H2,25,35)(H,26,36)(H,27,30,37). The van der Waals surface area contributed by atoms with Crippen LogP contribution in [-0.2, 0) is 28.6 Å². The zero-order valence-electron chi connectivity index (χ0n) is 21.0. The van der Waals surface area contributed by atoms with Gasteiger partial charge in [-0.15, -0.1) is 0 Å². The Morgan fingerprint density at radius 1 is 1.07 bits per heavy atom. The van der Waals surface area contributed by atoms with Gasteiger partial charge in [-0.1, -0.05) is 0 Å². The fourth-order valence-electron chi connectivity index (χ4n) is 4.14. The van der Waals surface area contributed by atoms with E-state index in [0.29, 0.717) is 19.4 Å². The Kier molecular flexibility index (Phi) is 10.1. The summed E-state index contributed by atoms with van der Waals surface area (Å²) >= 11 is 0. The largest absolute Gasteiger partial charge is 0.456 e. The fraction of sp³-hybridized carbons (Fsp3) is 0.591. The van der Waals surface area contributed by atoms with Crippen LogP contribution in [0, 0.1) is 0 Å². The van der Waals surface area contributed by atoms with E-state index in [1.165, 1.54) is 0 Å². The van der Waals surface area contributed by atoms with Gasteiger partial charge in [0.1, 0.15) is 36.6 Å². The average Bonchev–Trinajstić information content (AvgIpc) is 3.17. The first-order chi connectivity index (χ1) is 18.8. The second-order valence-electron chi connectivity index (χ2n) is 9.16. The van der Waals surface area contributed by atoms with Crippen LogP contribution in [0.2, 0.25) is 0 Å². The van der Waals surface area contributed by atoms with Crippen LogP contribution in [0.3, 0.4) is 0 Å². The number of unbranched alkanes of at least 4 members (excludes halogenated alkanes) is 1. The third kappa shape index (κ3) is 6.91. The van der Waals surface area contributed by atoms with E-state index in [1.54, 1.807) is 0 Å². The van der Waals surface area contributed by atoms with Gasteiger partial charge in [-0.2, -0.15) is 0 Å². The highest BCUT2D eigenvalue weighted by molar-refractivity contribution is 5.95. The Labute approximate surface area is 225 Å². The highest BCUT2D eigenvalue weighted by Crippen LogP contribution is 2.32. The molecule has 1 saturated heterocycles. The molecule has 18 nitrogen and oxygen atoms in total. The number of primary amides is 2. The van der Waals surface area contributed by atoms with Crippen molar-refractivity contribution in [2.75, 3.05) is 6.54 Å². The molecule has 0 aliphatic carbocycles. The number of carbonyl (C=O) groups excluding carboxylic acids is 3. The van der Waals surface area contributed by atoms with Crippen molar-refractivity contribution >= 4 is 17.7 Å². The number of aliphatic hydroxyl groups is 4. The first-order valence-corrected chi connectivity index (χ1v) is 12.2.